The van der Waals surface area contributed by atoms with Crippen LogP contribution in [0.4, 0.5) is 23.3 Å². The lowest BCUT2D eigenvalue weighted by atomic mass is 10.2. The summed E-state index contributed by atoms with van der Waals surface area (Å²) in [6.45, 7) is 7.36. The van der Waals surface area contributed by atoms with Gasteiger partial charge < -0.3 is 24.4 Å². The van der Waals surface area contributed by atoms with Crippen LogP contribution in [0.25, 0.3) is 0 Å². The Labute approximate surface area is 164 Å². The van der Waals surface area contributed by atoms with Gasteiger partial charge in [-0.3, -0.25) is 0 Å². The van der Waals surface area contributed by atoms with E-state index in [-0.39, 0.29) is 0 Å². The first-order valence-electron chi connectivity index (χ1n) is 9.31. The maximum absolute atomic E-state index is 5.50. The van der Waals surface area contributed by atoms with Gasteiger partial charge in [-0.15, -0.1) is 0 Å². The molecule has 28 heavy (non-hydrogen) atoms. The van der Waals surface area contributed by atoms with Crippen LogP contribution in [-0.2, 0) is 0 Å². The zero-order valence-electron chi connectivity index (χ0n) is 16.3. The van der Waals surface area contributed by atoms with Gasteiger partial charge in [-0.2, -0.15) is 4.98 Å². The number of para-hydroxylation sites is 2. The van der Waals surface area contributed by atoms with E-state index in [9.17, 15) is 0 Å². The second kappa shape index (κ2) is 7.75. The van der Waals surface area contributed by atoms with Crippen molar-refractivity contribution in [1.82, 2.24) is 15.1 Å². The van der Waals surface area contributed by atoms with Gasteiger partial charge in [0.25, 0.3) is 0 Å². The standard InChI is InChI=1S/C20H24N6O2/c1-14-12-19(23-20(21-14)22-18-13-15(2)28-24-18)26-10-8-25(9-11-26)16-6-4-5-7-17(16)27-3/h4-7,12-13H,8-11H2,1-3H3,(H,21,22,23,24). The number of aryl methyl sites for hydroxylation is 2. The Morgan fingerprint density at radius 2 is 1.75 bits per heavy atom. The molecule has 1 aliphatic heterocycles. The van der Waals surface area contributed by atoms with Crippen LogP contribution in [0.2, 0.25) is 0 Å². The normalized spacial score (nSPS) is 14.2. The Bertz CT molecular complexity index is 949. The summed E-state index contributed by atoms with van der Waals surface area (Å²) in [5.74, 6) is 3.69. The Morgan fingerprint density at radius 1 is 1.00 bits per heavy atom. The summed E-state index contributed by atoms with van der Waals surface area (Å²) in [7, 11) is 1.71. The first kappa shape index (κ1) is 18.1. The first-order chi connectivity index (χ1) is 13.6. The second-order valence-corrected chi connectivity index (χ2v) is 6.78. The molecule has 0 unspecified atom stereocenters. The van der Waals surface area contributed by atoms with Crippen molar-refractivity contribution >= 4 is 23.3 Å². The minimum atomic E-state index is 0.524. The number of benzene rings is 1. The Balaban J connectivity index is 1.47. The van der Waals surface area contributed by atoms with E-state index in [0.29, 0.717) is 11.8 Å². The molecule has 0 spiro atoms. The highest BCUT2D eigenvalue weighted by Crippen LogP contribution is 2.29. The van der Waals surface area contributed by atoms with Crippen molar-refractivity contribution in [2.75, 3.05) is 48.4 Å². The minimum Gasteiger partial charge on any atom is -0.495 e. The van der Waals surface area contributed by atoms with Gasteiger partial charge in [0, 0.05) is 44.0 Å². The molecule has 0 bridgehead atoms. The summed E-state index contributed by atoms with van der Waals surface area (Å²) >= 11 is 0. The lowest BCUT2D eigenvalue weighted by molar-refractivity contribution is 0.400. The molecule has 2 aromatic heterocycles. The zero-order chi connectivity index (χ0) is 19.5. The van der Waals surface area contributed by atoms with Gasteiger partial charge in [0.1, 0.15) is 17.3 Å². The lowest BCUT2D eigenvalue weighted by Gasteiger charge is -2.37. The number of ether oxygens (including phenoxy) is 1. The van der Waals surface area contributed by atoms with E-state index in [0.717, 1.165) is 54.9 Å². The Morgan fingerprint density at radius 3 is 2.46 bits per heavy atom. The average molecular weight is 380 g/mol. The number of methoxy groups -OCH3 is 1. The van der Waals surface area contributed by atoms with Crippen LogP contribution in [0.3, 0.4) is 0 Å². The van der Waals surface area contributed by atoms with Crippen LogP contribution in [0.5, 0.6) is 5.75 Å². The first-order valence-corrected chi connectivity index (χ1v) is 9.31. The molecule has 146 valence electrons. The van der Waals surface area contributed by atoms with Crippen LogP contribution in [0.15, 0.2) is 40.9 Å². The molecule has 1 aromatic carbocycles. The number of anilines is 4. The molecule has 8 heteroatoms. The fraction of sp³-hybridized carbons (Fsp3) is 0.350. The highest BCUT2D eigenvalue weighted by atomic mass is 16.5. The van der Waals surface area contributed by atoms with E-state index in [1.165, 1.54) is 0 Å². The number of hydrogen-bond acceptors (Lipinski definition) is 8. The van der Waals surface area contributed by atoms with E-state index in [1.807, 2.05) is 44.2 Å². The molecule has 0 saturated carbocycles. The van der Waals surface area contributed by atoms with E-state index < -0.39 is 0 Å². The summed E-state index contributed by atoms with van der Waals surface area (Å²) in [5, 5.41) is 7.06. The molecule has 4 rings (SSSR count). The van der Waals surface area contributed by atoms with E-state index in [4.69, 9.17) is 9.26 Å². The molecule has 1 aliphatic rings. The van der Waals surface area contributed by atoms with Crippen LogP contribution in [-0.4, -0.2) is 48.4 Å². The fourth-order valence-corrected chi connectivity index (χ4v) is 3.38. The summed E-state index contributed by atoms with van der Waals surface area (Å²) in [6.07, 6.45) is 0. The maximum atomic E-state index is 5.50. The minimum absolute atomic E-state index is 0.524. The third-order valence-electron chi connectivity index (χ3n) is 4.74. The summed E-state index contributed by atoms with van der Waals surface area (Å²) in [4.78, 5) is 13.8. The van der Waals surface area contributed by atoms with Crippen molar-refractivity contribution in [3.8, 4) is 5.75 Å². The van der Waals surface area contributed by atoms with Gasteiger partial charge in [-0.25, -0.2) is 4.98 Å². The summed E-state index contributed by atoms with van der Waals surface area (Å²) < 4.78 is 10.6. The van der Waals surface area contributed by atoms with Gasteiger partial charge in [0.05, 0.1) is 12.8 Å². The molecule has 0 aliphatic carbocycles. The van der Waals surface area contributed by atoms with Crippen LogP contribution >= 0.6 is 0 Å². The number of nitrogens with one attached hydrogen (secondary N) is 1. The highest BCUT2D eigenvalue weighted by molar-refractivity contribution is 5.60. The summed E-state index contributed by atoms with van der Waals surface area (Å²) in [6, 6.07) is 12.0. The van der Waals surface area contributed by atoms with Crippen LogP contribution in [0, 0.1) is 13.8 Å². The smallest absolute Gasteiger partial charge is 0.230 e. The van der Waals surface area contributed by atoms with E-state index in [1.54, 1.807) is 7.11 Å². The Hall–Kier alpha value is -3.29. The van der Waals surface area contributed by atoms with Crippen molar-refractivity contribution in [1.29, 1.82) is 0 Å². The quantitative estimate of drug-likeness (QED) is 0.723. The van der Waals surface area contributed by atoms with Crippen molar-refractivity contribution in [3.63, 3.8) is 0 Å². The molecule has 0 atom stereocenters. The maximum Gasteiger partial charge on any atom is 0.230 e. The SMILES string of the molecule is COc1ccccc1N1CCN(c2cc(C)nc(Nc3cc(C)on3)n2)CC1. The topological polar surface area (TPSA) is 79.5 Å². The molecule has 3 aromatic rings. The number of hydrogen-bond donors (Lipinski definition) is 1. The molecule has 1 saturated heterocycles. The Kier molecular flexibility index (Phi) is 5.01. The molecular weight excluding hydrogens is 356 g/mol. The highest BCUT2D eigenvalue weighted by Gasteiger charge is 2.21. The molecule has 0 amide bonds. The third kappa shape index (κ3) is 3.85. The van der Waals surface area contributed by atoms with Crippen molar-refractivity contribution < 1.29 is 9.26 Å². The average Bonchev–Trinajstić information content (AvgIpc) is 3.12. The van der Waals surface area contributed by atoms with E-state index >= 15 is 0 Å². The number of aromatic nitrogens is 3. The van der Waals surface area contributed by atoms with Gasteiger partial charge in [-0.1, -0.05) is 17.3 Å². The molecule has 8 nitrogen and oxygen atoms in total. The lowest BCUT2D eigenvalue weighted by Crippen LogP contribution is -2.47. The van der Waals surface area contributed by atoms with Gasteiger partial charge in [-0.05, 0) is 26.0 Å². The predicted octanol–water partition coefficient (Wildman–Crippen LogP) is 3.16. The molecular formula is C20H24N6O2. The van der Waals surface area contributed by atoms with Gasteiger partial charge in [0.2, 0.25) is 5.95 Å². The molecule has 0 radical (unpaired) electrons. The largest absolute Gasteiger partial charge is 0.495 e. The monoisotopic (exact) mass is 380 g/mol. The van der Waals surface area contributed by atoms with Crippen LogP contribution < -0.4 is 19.9 Å². The number of piperazine rings is 1. The van der Waals surface area contributed by atoms with Gasteiger partial charge in [0.15, 0.2) is 5.82 Å². The second-order valence-electron chi connectivity index (χ2n) is 6.78. The number of rotatable bonds is 5. The number of nitrogens with zero attached hydrogens (tertiary/aromatic N) is 5. The fourth-order valence-electron chi connectivity index (χ4n) is 3.38. The predicted molar refractivity (Wildman–Crippen MR) is 109 cm³/mol. The zero-order valence-corrected chi connectivity index (χ0v) is 16.3. The van der Waals surface area contributed by atoms with Crippen molar-refractivity contribution in [2.24, 2.45) is 0 Å². The molecule has 1 N–H and O–H groups in total. The van der Waals surface area contributed by atoms with E-state index in [2.05, 4.69) is 36.3 Å². The molecule has 3 heterocycles. The summed E-state index contributed by atoms with van der Waals surface area (Å²) in [5.41, 5.74) is 2.03. The van der Waals surface area contributed by atoms with Crippen molar-refractivity contribution in [2.45, 2.75) is 13.8 Å². The van der Waals surface area contributed by atoms with Gasteiger partial charge >= 0.3 is 0 Å². The van der Waals surface area contributed by atoms with Crippen molar-refractivity contribution in [3.05, 3.63) is 47.9 Å². The van der Waals surface area contributed by atoms with Crippen LogP contribution in [0.1, 0.15) is 11.5 Å². The third-order valence-corrected chi connectivity index (χ3v) is 4.74. The molecule has 1 fully saturated rings.